The summed E-state index contributed by atoms with van der Waals surface area (Å²) in [6.07, 6.45) is 8.17. The van der Waals surface area contributed by atoms with Gasteiger partial charge >= 0.3 is 0 Å². The molecule has 0 spiro atoms. The second kappa shape index (κ2) is 7.39. The first-order valence-electron chi connectivity index (χ1n) is 11.3. The van der Waals surface area contributed by atoms with Gasteiger partial charge in [0.25, 0.3) is 0 Å². The molecule has 0 aromatic heterocycles. The Balaban J connectivity index is 1.38. The summed E-state index contributed by atoms with van der Waals surface area (Å²) < 4.78 is 0. The molecule has 4 aromatic rings. The van der Waals surface area contributed by atoms with Crippen LogP contribution in [0, 0.1) is 0 Å². The molecule has 1 atom stereocenters. The molecule has 0 saturated heterocycles. The molecule has 0 bridgehead atoms. The van der Waals surface area contributed by atoms with Crippen molar-refractivity contribution in [1.82, 2.24) is 0 Å². The number of benzene rings is 4. The van der Waals surface area contributed by atoms with Gasteiger partial charge in [0.1, 0.15) is 0 Å². The van der Waals surface area contributed by atoms with E-state index in [4.69, 9.17) is 0 Å². The van der Waals surface area contributed by atoms with Crippen LogP contribution in [0.1, 0.15) is 46.6 Å². The van der Waals surface area contributed by atoms with Crippen LogP contribution in [0.2, 0.25) is 0 Å². The van der Waals surface area contributed by atoms with Crippen LogP contribution in [0.5, 0.6) is 0 Å². The third kappa shape index (κ3) is 3.06. The summed E-state index contributed by atoms with van der Waals surface area (Å²) in [6.45, 7) is 0. The molecule has 0 aliphatic heterocycles. The SMILES string of the molecule is C1=CC(CCC2c3ccccc3-c3ccccc32)(Cc2ccccc2)c2ccccc21. The van der Waals surface area contributed by atoms with Gasteiger partial charge in [0.15, 0.2) is 0 Å². The predicted molar refractivity (Wildman–Crippen MR) is 130 cm³/mol. The van der Waals surface area contributed by atoms with Crippen LogP contribution in [-0.4, -0.2) is 0 Å². The van der Waals surface area contributed by atoms with E-state index >= 15 is 0 Å². The van der Waals surface area contributed by atoms with Crippen molar-refractivity contribution in [3.8, 4) is 11.1 Å². The van der Waals surface area contributed by atoms with Gasteiger partial charge in [-0.25, -0.2) is 0 Å². The molecule has 0 heteroatoms. The summed E-state index contributed by atoms with van der Waals surface area (Å²) >= 11 is 0. The molecule has 0 N–H and O–H groups in total. The number of hydrogen-bond donors (Lipinski definition) is 0. The normalized spacial score (nSPS) is 18.6. The average Bonchev–Trinajstić information content (AvgIpc) is 3.35. The molecular weight excluding hydrogens is 372 g/mol. The van der Waals surface area contributed by atoms with Crippen LogP contribution in [-0.2, 0) is 11.8 Å². The molecule has 2 aliphatic rings. The number of allylic oxidation sites excluding steroid dienone is 1. The Labute approximate surface area is 184 Å². The van der Waals surface area contributed by atoms with Crippen molar-refractivity contribution in [3.05, 3.63) is 137 Å². The highest BCUT2D eigenvalue weighted by Crippen LogP contribution is 2.50. The van der Waals surface area contributed by atoms with E-state index in [1.165, 1.54) is 38.9 Å². The topological polar surface area (TPSA) is 0 Å². The molecule has 2 aliphatic carbocycles. The van der Waals surface area contributed by atoms with Gasteiger partial charge in [-0.1, -0.05) is 115 Å². The fourth-order valence-corrected chi connectivity index (χ4v) is 5.83. The number of rotatable bonds is 5. The van der Waals surface area contributed by atoms with Gasteiger partial charge in [-0.3, -0.25) is 0 Å². The fourth-order valence-electron chi connectivity index (χ4n) is 5.83. The minimum absolute atomic E-state index is 0.0599. The van der Waals surface area contributed by atoms with Gasteiger partial charge in [-0.15, -0.1) is 0 Å². The molecule has 0 fully saturated rings. The Kier molecular flexibility index (Phi) is 4.39. The summed E-state index contributed by atoms with van der Waals surface area (Å²) in [4.78, 5) is 0. The summed E-state index contributed by atoms with van der Waals surface area (Å²) in [5.74, 6) is 0.473. The Morgan fingerprint density at radius 1 is 0.613 bits per heavy atom. The first-order chi connectivity index (χ1) is 15.3. The molecular formula is C31H26. The maximum absolute atomic E-state index is 2.48. The zero-order chi connectivity index (χ0) is 20.7. The van der Waals surface area contributed by atoms with E-state index in [1.807, 2.05) is 0 Å². The van der Waals surface area contributed by atoms with E-state index in [-0.39, 0.29) is 5.41 Å². The lowest BCUT2D eigenvalue weighted by Gasteiger charge is -2.31. The predicted octanol–water partition coefficient (Wildman–Crippen LogP) is 7.79. The van der Waals surface area contributed by atoms with Gasteiger partial charge < -0.3 is 0 Å². The minimum atomic E-state index is 0.0599. The van der Waals surface area contributed by atoms with Crippen LogP contribution >= 0.6 is 0 Å². The van der Waals surface area contributed by atoms with Gasteiger partial charge in [-0.2, -0.15) is 0 Å². The molecule has 1 unspecified atom stereocenters. The van der Waals surface area contributed by atoms with Gasteiger partial charge in [0.2, 0.25) is 0 Å². The number of hydrogen-bond acceptors (Lipinski definition) is 0. The second-order valence-electron chi connectivity index (χ2n) is 9.00. The van der Waals surface area contributed by atoms with Gasteiger partial charge in [0.05, 0.1) is 0 Å². The van der Waals surface area contributed by atoms with E-state index in [2.05, 4.69) is 115 Å². The average molecular weight is 399 g/mol. The molecule has 150 valence electrons. The van der Waals surface area contributed by atoms with Crippen LogP contribution in [0.3, 0.4) is 0 Å². The highest BCUT2D eigenvalue weighted by atomic mass is 14.4. The Hall–Kier alpha value is -3.38. The van der Waals surface area contributed by atoms with E-state index in [1.54, 1.807) is 0 Å². The van der Waals surface area contributed by atoms with Crippen LogP contribution in [0.15, 0.2) is 109 Å². The van der Waals surface area contributed by atoms with E-state index in [0.29, 0.717) is 5.92 Å². The van der Waals surface area contributed by atoms with Crippen LogP contribution in [0.4, 0.5) is 0 Å². The highest BCUT2D eigenvalue weighted by molar-refractivity contribution is 5.78. The summed E-state index contributed by atoms with van der Waals surface area (Å²) in [7, 11) is 0. The minimum Gasteiger partial charge on any atom is -0.0730 e. The first-order valence-corrected chi connectivity index (χ1v) is 11.3. The van der Waals surface area contributed by atoms with Crippen molar-refractivity contribution in [2.75, 3.05) is 0 Å². The highest BCUT2D eigenvalue weighted by Gasteiger charge is 2.37. The zero-order valence-electron chi connectivity index (χ0n) is 17.7. The quantitative estimate of drug-likeness (QED) is 0.322. The molecule has 0 nitrogen and oxygen atoms in total. The largest absolute Gasteiger partial charge is 0.0730 e. The van der Waals surface area contributed by atoms with Crippen molar-refractivity contribution in [2.45, 2.75) is 30.6 Å². The molecule has 31 heavy (non-hydrogen) atoms. The van der Waals surface area contributed by atoms with E-state index < -0.39 is 0 Å². The first kappa shape index (κ1) is 18.4. The second-order valence-corrected chi connectivity index (χ2v) is 9.00. The molecule has 0 amide bonds. The van der Waals surface area contributed by atoms with Crippen LogP contribution in [0.25, 0.3) is 17.2 Å². The Morgan fingerprint density at radius 2 is 1.23 bits per heavy atom. The summed E-state index contributed by atoms with van der Waals surface area (Å²) in [5, 5.41) is 0. The maximum atomic E-state index is 2.48. The van der Waals surface area contributed by atoms with Crippen molar-refractivity contribution < 1.29 is 0 Å². The maximum Gasteiger partial charge on any atom is 0.0182 e. The fraction of sp³-hybridized carbons (Fsp3) is 0.161. The number of fused-ring (bicyclic) bond motifs is 4. The van der Waals surface area contributed by atoms with Gasteiger partial charge in [0, 0.05) is 11.3 Å². The molecule has 0 radical (unpaired) electrons. The summed E-state index contributed by atoms with van der Waals surface area (Å²) in [6, 6.07) is 37.9. The third-order valence-electron chi connectivity index (χ3n) is 7.28. The Bertz CT molecular complexity index is 1220. The summed E-state index contributed by atoms with van der Waals surface area (Å²) in [5.41, 5.74) is 10.2. The zero-order valence-corrected chi connectivity index (χ0v) is 17.7. The molecule has 6 rings (SSSR count). The monoisotopic (exact) mass is 398 g/mol. The van der Waals surface area contributed by atoms with Crippen molar-refractivity contribution in [2.24, 2.45) is 0 Å². The lowest BCUT2D eigenvalue weighted by Crippen LogP contribution is -2.26. The smallest absolute Gasteiger partial charge is 0.0182 e. The lowest BCUT2D eigenvalue weighted by atomic mass is 9.72. The third-order valence-corrected chi connectivity index (χ3v) is 7.28. The molecule has 0 heterocycles. The van der Waals surface area contributed by atoms with Crippen molar-refractivity contribution >= 4 is 6.08 Å². The lowest BCUT2D eigenvalue weighted by molar-refractivity contribution is 0.461. The van der Waals surface area contributed by atoms with Crippen LogP contribution < -0.4 is 0 Å². The molecule has 4 aromatic carbocycles. The Morgan fingerprint density at radius 3 is 1.97 bits per heavy atom. The standard InChI is InChI=1S/C31H26/c1-2-10-23(11-3-1)22-31(20-18-24-12-4-9-17-30(24)31)21-19-29-27-15-7-5-13-25(27)26-14-6-8-16-28(26)29/h1-18,20,29H,19,21-22H2. The molecule has 0 saturated carbocycles. The van der Waals surface area contributed by atoms with Crippen molar-refractivity contribution in [1.29, 1.82) is 0 Å². The van der Waals surface area contributed by atoms with Crippen molar-refractivity contribution in [3.63, 3.8) is 0 Å². The van der Waals surface area contributed by atoms with Gasteiger partial charge in [-0.05, 0) is 58.2 Å². The van der Waals surface area contributed by atoms with E-state index in [9.17, 15) is 0 Å². The van der Waals surface area contributed by atoms with E-state index in [0.717, 1.165) is 19.3 Å².